The number of fused-ring (bicyclic) bond motifs is 1. The molecule has 1 heterocycles. The number of benzene rings is 1. The quantitative estimate of drug-likeness (QED) is 0.840. The van der Waals surface area contributed by atoms with E-state index in [1.54, 1.807) is 31.4 Å². The highest BCUT2D eigenvalue weighted by molar-refractivity contribution is 6.05. The van der Waals surface area contributed by atoms with E-state index < -0.39 is 0 Å². The summed E-state index contributed by atoms with van der Waals surface area (Å²) in [7, 11) is 1.56. The van der Waals surface area contributed by atoms with Gasteiger partial charge in [0.2, 0.25) is 17.7 Å². The standard InChI is InChI=1S/C18H22N2O4/c1-24-13-6-4-5-12(11-13)19-16(21)9-10-20-17(22)14-7-2-3-8-15(14)18(20)23/h4-6,11,14-15H,2-3,7-10H2,1H3,(H,19,21)/t14-,15-/m0/s1. The molecule has 0 unspecified atom stereocenters. The molecule has 2 atom stereocenters. The highest BCUT2D eigenvalue weighted by Crippen LogP contribution is 2.37. The van der Waals surface area contributed by atoms with E-state index in [9.17, 15) is 14.4 Å². The minimum absolute atomic E-state index is 0.0983. The lowest BCUT2D eigenvalue weighted by molar-refractivity contribution is -0.140. The van der Waals surface area contributed by atoms with Gasteiger partial charge in [0, 0.05) is 24.7 Å². The smallest absolute Gasteiger partial charge is 0.233 e. The predicted octanol–water partition coefficient (Wildman–Crippen LogP) is 2.20. The number of rotatable bonds is 5. The van der Waals surface area contributed by atoms with Gasteiger partial charge < -0.3 is 10.1 Å². The van der Waals surface area contributed by atoms with Crippen LogP contribution in [0.4, 0.5) is 5.69 Å². The molecule has 1 aromatic carbocycles. The SMILES string of the molecule is COc1cccc(NC(=O)CCN2C(=O)[C@H]3CCCC[C@@H]3C2=O)c1. The molecule has 2 aliphatic rings. The van der Waals surface area contributed by atoms with Crippen molar-refractivity contribution in [1.29, 1.82) is 0 Å². The summed E-state index contributed by atoms with van der Waals surface area (Å²) >= 11 is 0. The lowest BCUT2D eigenvalue weighted by atomic mass is 9.81. The fourth-order valence-corrected chi connectivity index (χ4v) is 3.59. The summed E-state index contributed by atoms with van der Waals surface area (Å²) < 4.78 is 5.11. The fraction of sp³-hybridized carbons (Fsp3) is 0.500. The lowest BCUT2D eigenvalue weighted by Gasteiger charge is -2.19. The van der Waals surface area contributed by atoms with Crippen molar-refractivity contribution in [3.05, 3.63) is 24.3 Å². The van der Waals surface area contributed by atoms with E-state index in [0.717, 1.165) is 25.7 Å². The van der Waals surface area contributed by atoms with Gasteiger partial charge in [-0.25, -0.2) is 0 Å². The topological polar surface area (TPSA) is 75.7 Å². The molecule has 24 heavy (non-hydrogen) atoms. The number of methoxy groups -OCH3 is 1. The van der Waals surface area contributed by atoms with Crippen molar-refractivity contribution in [2.24, 2.45) is 11.8 Å². The Hall–Kier alpha value is -2.37. The molecular formula is C18H22N2O4. The van der Waals surface area contributed by atoms with Crippen LogP contribution >= 0.6 is 0 Å². The van der Waals surface area contributed by atoms with Crippen molar-refractivity contribution in [3.8, 4) is 5.75 Å². The van der Waals surface area contributed by atoms with Crippen LogP contribution in [0.3, 0.4) is 0 Å². The monoisotopic (exact) mass is 330 g/mol. The average molecular weight is 330 g/mol. The number of hydrogen-bond donors (Lipinski definition) is 1. The Morgan fingerprint density at radius 2 is 1.88 bits per heavy atom. The Bertz CT molecular complexity index is 634. The summed E-state index contributed by atoms with van der Waals surface area (Å²) in [4.78, 5) is 38.1. The van der Waals surface area contributed by atoms with Crippen LogP contribution in [0.25, 0.3) is 0 Å². The van der Waals surface area contributed by atoms with Crippen LogP contribution in [0.1, 0.15) is 32.1 Å². The fourth-order valence-electron chi connectivity index (χ4n) is 3.59. The van der Waals surface area contributed by atoms with Crippen LogP contribution in [-0.4, -0.2) is 36.3 Å². The molecule has 0 radical (unpaired) electrons. The van der Waals surface area contributed by atoms with Gasteiger partial charge in [0.25, 0.3) is 0 Å². The summed E-state index contributed by atoms with van der Waals surface area (Å²) in [6.07, 6.45) is 3.70. The second-order valence-electron chi connectivity index (χ2n) is 6.36. The zero-order valence-electron chi connectivity index (χ0n) is 13.8. The molecule has 1 aromatic rings. The van der Waals surface area contributed by atoms with Crippen molar-refractivity contribution in [1.82, 2.24) is 4.90 Å². The molecular weight excluding hydrogens is 308 g/mol. The third-order valence-corrected chi connectivity index (χ3v) is 4.85. The molecule has 0 bridgehead atoms. The van der Waals surface area contributed by atoms with Crippen LogP contribution in [-0.2, 0) is 14.4 Å². The molecule has 1 saturated heterocycles. The number of amides is 3. The normalized spacial score (nSPS) is 23.1. The van der Waals surface area contributed by atoms with E-state index in [-0.39, 0.29) is 42.5 Å². The van der Waals surface area contributed by atoms with Gasteiger partial charge in [-0.2, -0.15) is 0 Å². The zero-order valence-corrected chi connectivity index (χ0v) is 13.8. The van der Waals surface area contributed by atoms with Crippen LogP contribution in [0.5, 0.6) is 5.75 Å². The maximum absolute atomic E-state index is 12.4. The predicted molar refractivity (Wildman–Crippen MR) is 88.4 cm³/mol. The first kappa shape index (κ1) is 16.5. The van der Waals surface area contributed by atoms with Gasteiger partial charge in [0.1, 0.15) is 5.75 Å². The molecule has 128 valence electrons. The number of nitrogens with one attached hydrogen (secondary N) is 1. The minimum Gasteiger partial charge on any atom is -0.497 e. The Morgan fingerprint density at radius 1 is 1.21 bits per heavy atom. The Labute approximate surface area is 141 Å². The Balaban J connectivity index is 1.56. The number of carbonyl (C=O) groups excluding carboxylic acids is 3. The third kappa shape index (κ3) is 3.27. The van der Waals surface area contributed by atoms with Crippen molar-refractivity contribution in [3.63, 3.8) is 0 Å². The van der Waals surface area contributed by atoms with E-state index in [2.05, 4.69) is 5.32 Å². The number of nitrogens with zero attached hydrogens (tertiary/aromatic N) is 1. The van der Waals surface area contributed by atoms with Gasteiger partial charge in [-0.15, -0.1) is 0 Å². The average Bonchev–Trinajstić information content (AvgIpc) is 2.84. The second-order valence-corrected chi connectivity index (χ2v) is 6.36. The zero-order chi connectivity index (χ0) is 17.1. The van der Waals surface area contributed by atoms with Crippen LogP contribution < -0.4 is 10.1 Å². The molecule has 3 amide bonds. The molecule has 6 heteroatoms. The maximum Gasteiger partial charge on any atom is 0.233 e. The number of hydrogen-bond acceptors (Lipinski definition) is 4. The maximum atomic E-state index is 12.4. The number of imide groups is 1. The van der Waals surface area contributed by atoms with Gasteiger partial charge in [-0.05, 0) is 25.0 Å². The molecule has 0 spiro atoms. The van der Waals surface area contributed by atoms with E-state index in [0.29, 0.717) is 11.4 Å². The van der Waals surface area contributed by atoms with Crippen LogP contribution in [0.2, 0.25) is 0 Å². The molecule has 1 aliphatic carbocycles. The molecule has 1 aliphatic heterocycles. The summed E-state index contributed by atoms with van der Waals surface area (Å²) in [5.41, 5.74) is 0.632. The first-order chi connectivity index (χ1) is 11.6. The molecule has 3 rings (SSSR count). The lowest BCUT2D eigenvalue weighted by Crippen LogP contribution is -2.34. The van der Waals surface area contributed by atoms with E-state index in [4.69, 9.17) is 4.74 Å². The summed E-state index contributed by atoms with van der Waals surface area (Å²) in [5.74, 6) is -0.0846. The summed E-state index contributed by atoms with van der Waals surface area (Å²) in [6.45, 7) is 0.153. The molecule has 0 aromatic heterocycles. The van der Waals surface area contributed by atoms with Gasteiger partial charge in [0.05, 0.1) is 18.9 Å². The molecule has 2 fully saturated rings. The van der Waals surface area contributed by atoms with Gasteiger partial charge in [-0.3, -0.25) is 19.3 Å². The number of anilines is 1. The first-order valence-corrected chi connectivity index (χ1v) is 8.39. The van der Waals surface area contributed by atoms with Gasteiger partial charge >= 0.3 is 0 Å². The van der Waals surface area contributed by atoms with Gasteiger partial charge in [-0.1, -0.05) is 18.9 Å². The number of likely N-dealkylation sites (tertiary alicyclic amines) is 1. The van der Waals surface area contributed by atoms with Crippen molar-refractivity contribution >= 4 is 23.4 Å². The van der Waals surface area contributed by atoms with E-state index >= 15 is 0 Å². The highest BCUT2D eigenvalue weighted by atomic mass is 16.5. The summed E-state index contributed by atoms with van der Waals surface area (Å²) in [5, 5.41) is 2.76. The first-order valence-electron chi connectivity index (χ1n) is 8.39. The Kier molecular flexibility index (Phi) is 4.83. The largest absolute Gasteiger partial charge is 0.497 e. The minimum atomic E-state index is -0.223. The van der Waals surface area contributed by atoms with Crippen molar-refractivity contribution < 1.29 is 19.1 Å². The van der Waals surface area contributed by atoms with Crippen molar-refractivity contribution in [2.75, 3.05) is 19.0 Å². The van der Waals surface area contributed by atoms with Crippen molar-refractivity contribution in [2.45, 2.75) is 32.1 Å². The van der Waals surface area contributed by atoms with Crippen LogP contribution in [0.15, 0.2) is 24.3 Å². The number of ether oxygens (including phenoxy) is 1. The van der Waals surface area contributed by atoms with E-state index in [1.807, 2.05) is 0 Å². The molecule has 6 nitrogen and oxygen atoms in total. The molecule has 1 saturated carbocycles. The second kappa shape index (κ2) is 7.03. The highest BCUT2D eigenvalue weighted by Gasteiger charge is 2.47. The van der Waals surface area contributed by atoms with E-state index in [1.165, 1.54) is 4.90 Å². The Morgan fingerprint density at radius 3 is 2.50 bits per heavy atom. The van der Waals surface area contributed by atoms with Crippen LogP contribution in [0, 0.1) is 11.8 Å². The summed E-state index contributed by atoms with van der Waals surface area (Å²) in [6, 6.07) is 7.06. The van der Waals surface area contributed by atoms with Gasteiger partial charge in [0.15, 0.2) is 0 Å². The molecule has 1 N–H and O–H groups in total. The number of carbonyl (C=O) groups is 3. The third-order valence-electron chi connectivity index (χ3n) is 4.85.